The predicted molar refractivity (Wildman–Crippen MR) is 103 cm³/mol. The molecule has 1 aromatic carbocycles. The van der Waals surface area contributed by atoms with E-state index in [-0.39, 0.29) is 6.04 Å². The van der Waals surface area contributed by atoms with Gasteiger partial charge < -0.3 is 9.30 Å². The zero-order valence-corrected chi connectivity index (χ0v) is 16.1. The SMILES string of the molecule is COCC(C)n1c(-c2cccs2)csc1=Nc1ccc(C)cc1C. The van der Waals surface area contributed by atoms with E-state index in [1.165, 1.54) is 21.7 Å². The fourth-order valence-electron chi connectivity index (χ4n) is 2.78. The summed E-state index contributed by atoms with van der Waals surface area (Å²) in [5.74, 6) is 0. The van der Waals surface area contributed by atoms with Crippen molar-refractivity contribution in [1.82, 2.24) is 4.57 Å². The van der Waals surface area contributed by atoms with Crippen LogP contribution in [0.3, 0.4) is 0 Å². The summed E-state index contributed by atoms with van der Waals surface area (Å²) in [7, 11) is 1.75. The van der Waals surface area contributed by atoms with Gasteiger partial charge in [0.25, 0.3) is 0 Å². The summed E-state index contributed by atoms with van der Waals surface area (Å²) in [6, 6.07) is 10.9. The molecule has 0 N–H and O–H groups in total. The van der Waals surface area contributed by atoms with Crippen molar-refractivity contribution in [3.05, 3.63) is 57.0 Å². The number of ether oxygens (including phenoxy) is 1. The normalized spacial score (nSPS) is 13.4. The first-order valence-electron chi connectivity index (χ1n) is 7.95. The molecule has 1 atom stereocenters. The van der Waals surface area contributed by atoms with Crippen LogP contribution in [0, 0.1) is 13.8 Å². The monoisotopic (exact) mass is 358 g/mol. The molecule has 0 aliphatic rings. The second-order valence-electron chi connectivity index (χ2n) is 5.96. The van der Waals surface area contributed by atoms with Crippen LogP contribution in [-0.4, -0.2) is 18.3 Å². The van der Waals surface area contributed by atoms with Crippen molar-refractivity contribution in [2.75, 3.05) is 13.7 Å². The van der Waals surface area contributed by atoms with Crippen LogP contribution < -0.4 is 4.80 Å². The lowest BCUT2D eigenvalue weighted by Crippen LogP contribution is -2.22. The van der Waals surface area contributed by atoms with Gasteiger partial charge in [-0.2, -0.15) is 0 Å². The molecule has 3 rings (SSSR count). The minimum atomic E-state index is 0.225. The average molecular weight is 359 g/mol. The lowest BCUT2D eigenvalue weighted by molar-refractivity contribution is 0.162. The van der Waals surface area contributed by atoms with Crippen molar-refractivity contribution in [3.8, 4) is 10.6 Å². The molecule has 0 spiro atoms. The van der Waals surface area contributed by atoms with Gasteiger partial charge in [-0.25, -0.2) is 4.99 Å². The van der Waals surface area contributed by atoms with Crippen LogP contribution in [0.1, 0.15) is 24.1 Å². The van der Waals surface area contributed by atoms with Crippen molar-refractivity contribution in [2.24, 2.45) is 4.99 Å². The fraction of sp³-hybridized carbons (Fsp3) is 0.316. The van der Waals surface area contributed by atoms with Gasteiger partial charge in [0.15, 0.2) is 4.80 Å². The van der Waals surface area contributed by atoms with Gasteiger partial charge in [0.1, 0.15) is 0 Å². The minimum Gasteiger partial charge on any atom is -0.383 e. The van der Waals surface area contributed by atoms with Crippen LogP contribution in [0.4, 0.5) is 5.69 Å². The molecule has 0 bridgehead atoms. The minimum absolute atomic E-state index is 0.225. The van der Waals surface area contributed by atoms with E-state index in [9.17, 15) is 0 Å². The molecular weight excluding hydrogens is 336 g/mol. The molecular formula is C19H22N2OS2. The molecule has 126 valence electrons. The molecule has 0 aliphatic heterocycles. The Kier molecular flexibility index (Phi) is 5.33. The highest BCUT2D eigenvalue weighted by molar-refractivity contribution is 7.14. The van der Waals surface area contributed by atoms with Gasteiger partial charge in [-0.1, -0.05) is 23.8 Å². The number of aryl methyl sites for hydroxylation is 2. The van der Waals surface area contributed by atoms with E-state index in [2.05, 4.69) is 66.4 Å². The van der Waals surface area contributed by atoms with Gasteiger partial charge in [-0.15, -0.1) is 22.7 Å². The number of thiophene rings is 1. The zero-order valence-electron chi connectivity index (χ0n) is 14.4. The topological polar surface area (TPSA) is 26.5 Å². The first kappa shape index (κ1) is 17.1. The summed E-state index contributed by atoms with van der Waals surface area (Å²) in [5, 5.41) is 4.31. The summed E-state index contributed by atoms with van der Waals surface area (Å²) in [4.78, 5) is 7.22. The Morgan fingerprint density at radius 1 is 1.21 bits per heavy atom. The number of rotatable bonds is 5. The molecule has 0 fully saturated rings. The number of methoxy groups -OCH3 is 1. The first-order valence-corrected chi connectivity index (χ1v) is 9.71. The summed E-state index contributed by atoms with van der Waals surface area (Å²) in [6.07, 6.45) is 0. The molecule has 0 saturated carbocycles. The van der Waals surface area contributed by atoms with Crippen molar-refractivity contribution in [1.29, 1.82) is 0 Å². The first-order chi connectivity index (χ1) is 11.6. The Balaban J connectivity index is 2.15. The van der Waals surface area contributed by atoms with Crippen molar-refractivity contribution >= 4 is 28.4 Å². The van der Waals surface area contributed by atoms with E-state index < -0.39 is 0 Å². The smallest absolute Gasteiger partial charge is 0.190 e. The van der Waals surface area contributed by atoms with Gasteiger partial charge in [-0.3, -0.25) is 0 Å². The molecule has 5 heteroatoms. The van der Waals surface area contributed by atoms with E-state index in [1.807, 2.05) is 0 Å². The maximum absolute atomic E-state index is 5.39. The lowest BCUT2D eigenvalue weighted by atomic mass is 10.1. The molecule has 1 unspecified atom stereocenters. The highest BCUT2D eigenvalue weighted by Crippen LogP contribution is 2.28. The predicted octanol–water partition coefficient (Wildman–Crippen LogP) is 5.33. The summed E-state index contributed by atoms with van der Waals surface area (Å²) >= 11 is 3.44. The maximum Gasteiger partial charge on any atom is 0.190 e. The Morgan fingerprint density at radius 2 is 2.04 bits per heavy atom. The van der Waals surface area contributed by atoms with Gasteiger partial charge in [0.2, 0.25) is 0 Å². The third-order valence-electron chi connectivity index (χ3n) is 3.93. The fourth-order valence-corrected chi connectivity index (χ4v) is 4.60. The Morgan fingerprint density at radius 3 is 2.71 bits per heavy atom. The summed E-state index contributed by atoms with van der Waals surface area (Å²) in [6.45, 7) is 7.06. The van der Waals surface area contributed by atoms with Crippen LogP contribution in [0.15, 0.2) is 46.1 Å². The standard InChI is InChI=1S/C19H22N2OS2/c1-13-7-8-16(14(2)10-13)20-19-21(15(3)11-22-4)17(12-24-19)18-6-5-9-23-18/h5-10,12,15H,11H2,1-4H3. The number of nitrogens with zero attached hydrogens (tertiary/aromatic N) is 2. The van der Waals surface area contributed by atoms with E-state index >= 15 is 0 Å². The third-order valence-corrected chi connectivity index (χ3v) is 5.66. The lowest BCUT2D eigenvalue weighted by Gasteiger charge is -2.16. The van der Waals surface area contributed by atoms with Gasteiger partial charge in [0.05, 0.1) is 28.9 Å². The Hall–Kier alpha value is -1.69. The molecule has 0 aliphatic carbocycles. The largest absolute Gasteiger partial charge is 0.383 e. The van der Waals surface area contributed by atoms with Crippen molar-refractivity contribution in [3.63, 3.8) is 0 Å². The molecule has 2 heterocycles. The van der Waals surface area contributed by atoms with Crippen molar-refractivity contribution < 1.29 is 4.74 Å². The van der Waals surface area contributed by atoms with Gasteiger partial charge in [-0.05, 0) is 43.8 Å². The zero-order chi connectivity index (χ0) is 17.1. The molecule has 2 aromatic heterocycles. The highest BCUT2D eigenvalue weighted by atomic mass is 32.1. The Bertz CT molecular complexity index is 875. The molecule has 3 aromatic rings. The number of benzene rings is 1. The summed E-state index contributed by atoms with van der Waals surface area (Å²) < 4.78 is 7.68. The molecule has 24 heavy (non-hydrogen) atoms. The van der Waals surface area contributed by atoms with E-state index in [0.29, 0.717) is 6.61 Å². The quantitative estimate of drug-likeness (QED) is 0.605. The highest BCUT2D eigenvalue weighted by Gasteiger charge is 2.14. The van der Waals surface area contributed by atoms with Crippen LogP contribution in [-0.2, 0) is 4.74 Å². The number of thiazole rings is 1. The molecule has 0 radical (unpaired) electrons. The second kappa shape index (κ2) is 7.47. The second-order valence-corrected chi connectivity index (χ2v) is 7.74. The number of aromatic nitrogens is 1. The third kappa shape index (κ3) is 3.53. The van der Waals surface area contributed by atoms with Gasteiger partial charge >= 0.3 is 0 Å². The van der Waals surface area contributed by atoms with Crippen molar-refractivity contribution in [2.45, 2.75) is 26.8 Å². The average Bonchev–Trinajstić information content (AvgIpc) is 3.19. The van der Waals surface area contributed by atoms with Gasteiger partial charge in [0, 0.05) is 12.5 Å². The van der Waals surface area contributed by atoms with Crippen LogP contribution >= 0.6 is 22.7 Å². The Labute approximate surface area is 150 Å². The molecule has 0 amide bonds. The van der Waals surface area contributed by atoms with Crippen LogP contribution in [0.5, 0.6) is 0 Å². The molecule has 3 nitrogen and oxygen atoms in total. The van der Waals surface area contributed by atoms with E-state index in [1.54, 1.807) is 29.8 Å². The van der Waals surface area contributed by atoms with E-state index in [4.69, 9.17) is 9.73 Å². The van der Waals surface area contributed by atoms with E-state index in [0.717, 1.165) is 10.5 Å². The van der Waals surface area contributed by atoms with Crippen LogP contribution in [0.25, 0.3) is 10.6 Å². The van der Waals surface area contributed by atoms with Crippen LogP contribution in [0.2, 0.25) is 0 Å². The summed E-state index contributed by atoms with van der Waals surface area (Å²) in [5.41, 5.74) is 4.70. The number of hydrogen-bond donors (Lipinski definition) is 0. The molecule has 0 saturated heterocycles. The number of hydrogen-bond acceptors (Lipinski definition) is 4. The maximum atomic E-state index is 5.39.